The van der Waals surface area contributed by atoms with Gasteiger partial charge in [-0.25, -0.2) is 0 Å². The maximum absolute atomic E-state index is 12.6. The molecule has 0 saturated carbocycles. The number of aliphatic hydroxyl groups is 1. The summed E-state index contributed by atoms with van der Waals surface area (Å²) in [6.45, 7) is 2.67. The predicted molar refractivity (Wildman–Crippen MR) is 127 cm³/mol. The number of nitrogens with one attached hydrogen (secondary N) is 1. The number of rotatable bonds is 6. The fraction of sp³-hybridized carbons (Fsp3) is 0.375. The second-order valence-corrected chi connectivity index (χ2v) is 8.62. The van der Waals surface area contributed by atoms with Crippen molar-refractivity contribution < 1.29 is 18.3 Å². The van der Waals surface area contributed by atoms with Gasteiger partial charge in [0.1, 0.15) is 11.4 Å². The number of aryl methyl sites for hydroxylation is 1. The van der Waals surface area contributed by atoms with Crippen molar-refractivity contribution >= 4 is 28.5 Å². The lowest BCUT2D eigenvalue weighted by Crippen LogP contribution is -2.43. The van der Waals surface area contributed by atoms with Gasteiger partial charge >= 0.3 is 6.18 Å². The van der Waals surface area contributed by atoms with Crippen LogP contribution in [0.4, 0.5) is 18.9 Å². The zero-order valence-electron chi connectivity index (χ0n) is 18.8. The van der Waals surface area contributed by atoms with Crippen LogP contribution >= 0.6 is 0 Å². The lowest BCUT2D eigenvalue weighted by atomic mass is 9.89. The van der Waals surface area contributed by atoms with Crippen LogP contribution in [0, 0.1) is 6.92 Å². The molecule has 4 N–H and O–H groups in total. The normalized spacial score (nSPS) is 17.6. The number of hydrogen-bond donors (Lipinski definition) is 3. The summed E-state index contributed by atoms with van der Waals surface area (Å²) >= 11 is 0. The van der Waals surface area contributed by atoms with Crippen LogP contribution in [0.25, 0.3) is 10.9 Å². The SMILES string of the molecule is Cc1ccc2c(C(C=Nc3ccc(C4CCN(CC(O)C(F)(F)F)CC4)cc3)=NN)n[nH]c2c1. The Morgan fingerprint density at radius 2 is 1.94 bits per heavy atom. The van der Waals surface area contributed by atoms with Gasteiger partial charge in [0.05, 0.1) is 17.4 Å². The van der Waals surface area contributed by atoms with E-state index in [1.807, 2.05) is 49.4 Å². The highest BCUT2D eigenvalue weighted by molar-refractivity contribution is 6.40. The van der Waals surface area contributed by atoms with Gasteiger partial charge < -0.3 is 15.8 Å². The van der Waals surface area contributed by atoms with Gasteiger partial charge in [-0.2, -0.15) is 23.4 Å². The molecule has 1 fully saturated rings. The van der Waals surface area contributed by atoms with Crippen molar-refractivity contribution in [1.82, 2.24) is 15.1 Å². The number of aliphatic hydroxyl groups excluding tert-OH is 1. The topological polar surface area (TPSA) is 103 Å². The lowest BCUT2D eigenvalue weighted by molar-refractivity contribution is -0.208. The molecular formula is C24H27F3N6O. The fourth-order valence-electron chi connectivity index (χ4n) is 4.25. The number of hydrazone groups is 1. The number of nitrogens with zero attached hydrogens (tertiary/aromatic N) is 4. The number of likely N-dealkylation sites (tertiary alicyclic amines) is 1. The van der Waals surface area contributed by atoms with Gasteiger partial charge in [0, 0.05) is 11.9 Å². The molecule has 1 atom stereocenters. The van der Waals surface area contributed by atoms with E-state index in [0.29, 0.717) is 24.5 Å². The molecule has 7 nitrogen and oxygen atoms in total. The summed E-state index contributed by atoms with van der Waals surface area (Å²) in [5.74, 6) is 5.86. The maximum Gasteiger partial charge on any atom is 0.415 e. The number of fused-ring (bicyclic) bond motifs is 1. The van der Waals surface area contributed by atoms with Crippen molar-refractivity contribution in [1.29, 1.82) is 0 Å². The average Bonchev–Trinajstić information content (AvgIpc) is 3.23. The number of piperidine rings is 1. The molecule has 4 rings (SSSR count). The van der Waals surface area contributed by atoms with Gasteiger partial charge in [-0.15, -0.1) is 0 Å². The molecule has 2 aromatic carbocycles. The second kappa shape index (κ2) is 9.94. The first-order valence-corrected chi connectivity index (χ1v) is 11.1. The van der Waals surface area contributed by atoms with Crippen molar-refractivity contribution in [2.24, 2.45) is 15.9 Å². The van der Waals surface area contributed by atoms with Crippen molar-refractivity contribution in [2.75, 3.05) is 19.6 Å². The molecule has 0 bridgehead atoms. The molecule has 0 radical (unpaired) electrons. The van der Waals surface area contributed by atoms with E-state index in [2.05, 4.69) is 20.3 Å². The van der Waals surface area contributed by atoms with E-state index in [4.69, 9.17) is 5.84 Å². The van der Waals surface area contributed by atoms with E-state index < -0.39 is 12.3 Å². The summed E-state index contributed by atoms with van der Waals surface area (Å²) in [5.41, 5.74) is 4.94. The van der Waals surface area contributed by atoms with Crippen LogP contribution in [0.15, 0.2) is 52.6 Å². The molecular weight excluding hydrogens is 445 g/mol. The Bertz CT molecular complexity index is 1180. The predicted octanol–water partition coefficient (Wildman–Crippen LogP) is 4.04. The minimum Gasteiger partial charge on any atom is -0.382 e. The first-order valence-electron chi connectivity index (χ1n) is 11.1. The summed E-state index contributed by atoms with van der Waals surface area (Å²) in [6.07, 6.45) is -3.82. The summed E-state index contributed by atoms with van der Waals surface area (Å²) in [5, 5.41) is 21.3. The quantitative estimate of drug-likeness (QED) is 0.286. The monoisotopic (exact) mass is 472 g/mol. The van der Waals surface area contributed by atoms with Gasteiger partial charge in [-0.3, -0.25) is 10.1 Å². The molecule has 0 aliphatic carbocycles. The van der Waals surface area contributed by atoms with Gasteiger partial charge in [-0.1, -0.05) is 24.3 Å². The van der Waals surface area contributed by atoms with E-state index in [1.54, 1.807) is 11.1 Å². The number of H-pyrrole nitrogens is 1. The summed E-state index contributed by atoms with van der Waals surface area (Å²) < 4.78 is 37.7. The molecule has 2 heterocycles. The van der Waals surface area contributed by atoms with Crippen molar-refractivity contribution in [2.45, 2.75) is 38.0 Å². The zero-order valence-corrected chi connectivity index (χ0v) is 18.8. The summed E-state index contributed by atoms with van der Waals surface area (Å²) in [7, 11) is 0. The zero-order chi connectivity index (χ0) is 24.3. The van der Waals surface area contributed by atoms with E-state index in [1.165, 1.54) is 0 Å². The number of aliphatic imine (C=N–C) groups is 1. The standard InChI is InChI=1S/C24H27F3N6O/c1-15-2-7-19-20(12-15)31-32-23(19)21(30-28)13-29-18-5-3-16(4-6-18)17-8-10-33(11-9-17)14-22(34)24(25,26)27/h2-7,12-13,17,22,34H,8-11,14,28H2,1H3,(H,31,32). The Morgan fingerprint density at radius 3 is 2.59 bits per heavy atom. The van der Waals surface area contributed by atoms with Crippen LogP contribution in [0.3, 0.4) is 0 Å². The third-order valence-electron chi connectivity index (χ3n) is 6.20. The maximum atomic E-state index is 12.6. The average molecular weight is 473 g/mol. The van der Waals surface area contributed by atoms with Crippen LogP contribution in [0.5, 0.6) is 0 Å². The van der Waals surface area contributed by atoms with E-state index in [-0.39, 0.29) is 12.5 Å². The molecule has 3 aromatic rings. The highest BCUT2D eigenvalue weighted by Gasteiger charge is 2.39. The van der Waals surface area contributed by atoms with Crippen LogP contribution in [0.1, 0.15) is 35.6 Å². The first kappa shape index (κ1) is 23.9. The number of aromatic nitrogens is 2. The van der Waals surface area contributed by atoms with Crippen molar-refractivity contribution in [3.8, 4) is 0 Å². The van der Waals surface area contributed by atoms with Crippen LogP contribution in [-0.4, -0.2) is 64.0 Å². The molecule has 1 aliphatic heterocycles. The highest BCUT2D eigenvalue weighted by Crippen LogP contribution is 2.30. The van der Waals surface area contributed by atoms with E-state index in [0.717, 1.165) is 40.6 Å². The van der Waals surface area contributed by atoms with Crippen molar-refractivity contribution in [3.63, 3.8) is 0 Å². The minimum atomic E-state index is -4.58. The fourth-order valence-corrected chi connectivity index (χ4v) is 4.25. The van der Waals surface area contributed by atoms with Gasteiger partial charge in [0.25, 0.3) is 0 Å². The first-order chi connectivity index (χ1) is 16.2. The Morgan fingerprint density at radius 1 is 1.24 bits per heavy atom. The number of nitrogens with two attached hydrogens (primary N) is 1. The minimum absolute atomic E-state index is 0.261. The Labute approximate surface area is 195 Å². The molecule has 1 aliphatic rings. The number of benzene rings is 2. The molecule has 0 spiro atoms. The number of hydrogen-bond acceptors (Lipinski definition) is 6. The number of halogens is 3. The molecule has 1 unspecified atom stereocenters. The van der Waals surface area contributed by atoms with E-state index >= 15 is 0 Å². The van der Waals surface area contributed by atoms with E-state index in [9.17, 15) is 18.3 Å². The molecule has 10 heteroatoms. The molecule has 34 heavy (non-hydrogen) atoms. The summed E-state index contributed by atoms with van der Waals surface area (Å²) in [4.78, 5) is 6.15. The smallest absolute Gasteiger partial charge is 0.382 e. The number of alkyl halides is 3. The Balaban J connectivity index is 1.37. The Kier molecular flexibility index (Phi) is 6.99. The number of β-amino-alcohol motifs (C(OH)–C–C–N with tert-alkyl or cyclic N) is 1. The third-order valence-corrected chi connectivity index (χ3v) is 6.20. The third kappa shape index (κ3) is 5.45. The molecule has 180 valence electrons. The summed E-state index contributed by atoms with van der Waals surface area (Å²) in [6, 6.07) is 13.7. The highest BCUT2D eigenvalue weighted by atomic mass is 19.4. The lowest BCUT2D eigenvalue weighted by Gasteiger charge is -2.33. The van der Waals surface area contributed by atoms with Gasteiger partial charge in [0.15, 0.2) is 6.10 Å². The van der Waals surface area contributed by atoms with Gasteiger partial charge in [-0.05, 0) is 68.1 Å². The number of aromatic amines is 1. The molecule has 1 aromatic heterocycles. The van der Waals surface area contributed by atoms with Crippen molar-refractivity contribution in [3.05, 3.63) is 59.3 Å². The second-order valence-electron chi connectivity index (χ2n) is 8.62. The van der Waals surface area contributed by atoms with Gasteiger partial charge in [0.2, 0.25) is 0 Å². The van der Waals surface area contributed by atoms with Crippen LogP contribution in [0.2, 0.25) is 0 Å². The van der Waals surface area contributed by atoms with Crippen LogP contribution in [-0.2, 0) is 0 Å². The Hall–Kier alpha value is -3.24. The largest absolute Gasteiger partial charge is 0.415 e. The van der Waals surface area contributed by atoms with Crippen LogP contribution < -0.4 is 5.84 Å². The molecule has 0 amide bonds. The molecule has 1 saturated heterocycles.